The number of aromatic nitrogens is 2. The highest BCUT2D eigenvalue weighted by Crippen LogP contribution is 2.29. The van der Waals surface area contributed by atoms with Crippen LogP contribution < -0.4 is 25.7 Å². The zero-order valence-corrected chi connectivity index (χ0v) is 17.4. The molecule has 1 aliphatic carbocycles. The molecule has 0 spiro atoms. The third kappa shape index (κ3) is 4.79. The Labute approximate surface area is 174 Å². The van der Waals surface area contributed by atoms with E-state index in [1.807, 2.05) is 0 Å². The summed E-state index contributed by atoms with van der Waals surface area (Å²) >= 11 is 0. The lowest BCUT2D eigenvalue weighted by atomic mass is 10.2. The number of nitrogens with zero attached hydrogens (tertiary/aromatic N) is 2. The Morgan fingerprint density at radius 1 is 1.20 bits per heavy atom. The molecule has 1 fully saturated rings. The lowest BCUT2D eigenvalue weighted by Gasteiger charge is -2.15. The van der Waals surface area contributed by atoms with Gasteiger partial charge in [-0.1, -0.05) is 12.8 Å². The molecular formula is C21H26N4O5. The summed E-state index contributed by atoms with van der Waals surface area (Å²) in [5.41, 5.74) is -0.172. The van der Waals surface area contributed by atoms with Crippen molar-refractivity contribution < 1.29 is 19.1 Å². The Balaban J connectivity index is 1.76. The third-order valence-electron chi connectivity index (χ3n) is 5.17. The summed E-state index contributed by atoms with van der Waals surface area (Å²) in [6, 6.07) is 5.06. The molecule has 0 saturated heterocycles. The van der Waals surface area contributed by atoms with Gasteiger partial charge in [-0.15, -0.1) is 0 Å². The number of carbonyl (C=O) groups is 2. The number of benzene rings is 1. The highest BCUT2D eigenvalue weighted by molar-refractivity contribution is 5.94. The third-order valence-corrected chi connectivity index (χ3v) is 5.17. The maximum Gasteiger partial charge on any atom is 0.266 e. The van der Waals surface area contributed by atoms with Crippen LogP contribution in [0.2, 0.25) is 0 Å². The lowest BCUT2D eigenvalue weighted by Crippen LogP contribution is -2.39. The Morgan fingerprint density at radius 2 is 1.93 bits per heavy atom. The summed E-state index contributed by atoms with van der Waals surface area (Å²) in [6.07, 6.45) is 5.21. The lowest BCUT2D eigenvalue weighted by molar-refractivity contribution is -0.116. The molecular weight excluding hydrogens is 388 g/mol. The van der Waals surface area contributed by atoms with Gasteiger partial charge in [0.05, 0.1) is 19.9 Å². The van der Waals surface area contributed by atoms with Gasteiger partial charge in [-0.3, -0.25) is 19.0 Å². The van der Waals surface area contributed by atoms with Crippen molar-refractivity contribution in [1.82, 2.24) is 14.9 Å². The van der Waals surface area contributed by atoms with Crippen LogP contribution in [-0.2, 0) is 11.3 Å². The van der Waals surface area contributed by atoms with Crippen molar-refractivity contribution >= 4 is 17.5 Å². The van der Waals surface area contributed by atoms with Crippen LogP contribution in [0, 0.1) is 6.92 Å². The van der Waals surface area contributed by atoms with Crippen LogP contribution >= 0.6 is 0 Å². The number of rotatable bonds is 7. The first-order chi connectivity index (χ1) is 14.4. The van der Waals surface area contributed by atoms with Gasteiger partial charge in [0.25, 0.3) is 11.5 Å². The minimum Gasteiger partial charge on any atom is -0.497 e. The Morgan fingerprint density at radius 3 is 2.60 bits per heavy atom. The van der Waals surface area contributed by atoms with Crippen LogP contribution in [0.25, 0.3) is 0 Å². The van der Waals surface area contributed by atoms with Crippen LogP contribution in [-0.4, -0.2) is 41.6 Å². The molecule has 3 rings (SSSR count). The largest absolute Gasteiger partial charge is 0.497 e. The topological polar surface area (TPSA) is 112 Å². The maximum absolute atomic E-state index is 12.8. The first-order valence-electron chi connectivity index (χ1n) is 9.82. The second-order valence-electron chi connectivity index (χ2n) is 7.18. The molecule has 1 saturated carbocycles. The molecule has 2 aromatic rings. The fourth-order valence-electron chi connectivity index (χ4n) is 3.49. The Kier molecular flexibility index (Phi) is 6.71. The maximum atomic E-state index is 12.8. The van der Waals surface area contributed by atoms with Crippen molar-refractivity contribution in [2.24, 2.45) is 0 Å². The molecule has 9 nitrogen and oxygen atoms in total. The molecule has 2 amide bonds. The minimum absolute atomic E-state index is 0.0673. The predicted octanol–water partition coefficient (Wildman–Crippen LogP) is 1.88. The molecule has 1 aliphatic rings. The summed E-state index contributed by atoms with van der Waals surface area (Å²) in [5, 5.41) is 5.60. The van der Waals surface area contributed by atoms with E-state index in [4.69, 9.17) is 9.47 Å². The van der Waals surface area contributed by atoms with Gasteiger partial charge in [0.1, 0.15) is 29.4 Å². The van der Waals surface area contributed by atoms with Crippen molar-refractivity contribution in [1.29, 1.82) is 0 Å². The van der Waals surface area contributed by atoms with E-state index in [2.05, 4.69) is 15.6 Å². The summed E-state index contributed by atoms with van der Waals surface area (Å²) in [4.78, 5) is 42.1. The fourth-order valence-corrected chi connectivity index (χ4v) is 3.49. The van der Waals surface area contributed by atoms with Crippen LogP contribution in [0.1, 0.15) is 41.9 Å². The molecule has 160 valence electrons. The van der Waals surface area contributed by atoms with Gasteiger partial charge in [-0.05, 0) is 31.9 Å². The van der Waals surface area contributed by atoms with Crippen LogP contribution in [0.3, 0.4) is 0 Å². The van der Waals surface area contributed by atoms with E-state index in [9.17, 15) is 14.4 Å². The monoisotopic (exact) mass is 414 g/mol. The Bertz CT molecular complexity index is 995. The highest BCUT2D eigenvalue weighted by atomic mass is 16.5. The number of nitrogens with one attached hydrogen (secondary N) is 2. The van der Waals surface area contributed by atoms with Gasteiger partial charge < -0.3 is 20.1 Å². The summed E-state index contributed by atoms with van der Waals surface area (Å²) < 4.78 is 11.6. The molecule has 1 aromatic heterocycles. The molecule has 1 aromatic carbocycles. The van der Waals surface area contributed by atoms with E-state index in [1.165, 1.54) is 25.0 Å². The van der Waals surface area contributed by atoms with E-state index in [-0.39, 0.29) is 18.2 Å². The second kappa shape index (κ2) is 9.43. The minimum atomic E-state index is -0.546. The second-order valence-corrected chi connectivity index (χ2v) is 7.18. The van der Waals surface area contributed by atoms with Gasteiger partial charge in [0.2, 0.25) is 5.91 Å². The number of amides is 2. The molecule has 9 heteroatoms. The highest BCUT2D eigenvalue weighted by Gasteiger charge is 2.22. The standard InChI is InChI=1S/C21H26N4O5/c1-13-22-11-16(20(27)23-14-6-4-5-7-14)21(28)25(13)12-19(26)24-17-9-8-15(29-2)10-18(17)30-3/h8-11,14H,4-7,12H2,1-3H3,(H,23,27)(H,24,26). The number of carbonyl (C=O) groups excluding carboxylic acids is 2. The number of anilines is 1. The van der Waals surface area contributed by atoms with Crippen LogP contribution in [0.5, 0.6) is 11.5 Å². The van der Waals surface area contributed by atoms with Crippen molar-refractivity contribution in [3.63, 3.8) is 0 Å². The summed E-state index contributed by atoms with van der Waals surface area (Å²) in [7, 11) is 3.01. The molecule has 30 heavy (non-hydrogen) atoms. The summed E-state index contributed by atoms with van der Waals surface area (Å²) in [6.45, 7) is 1.33. The average molecular weight is 414 g/mol. The SMILES string of the molecule is COc1ccc(NC(=O)Cn2c(C)ncc(C(=O)NC3CCCC3)c2=O)c(OC)c1. The zero-order chi connectivity index (χ0) is 21.7. The molecule has 0 bridgehead atoms. The van der Waals surface area contributed by atoms with E-state index >= 15 is 0 Å². The van der Waals surface area contributed by atoms with E-state index in [0.29, 0.717) is 23.0 Å². The number of aryl methyl sites for hydroxylation is 1. The number of hydrogen-bond acceptors (Lipinski definition) is 6. The zero-order valence-electron chi connectivity index (χ0n) is 17.4. The van der Waals surface area contributed by atoms with E-state index in [1.54, 1.807) is 25.1 Å². The Hall–Kier alpha value is -3.36. The number of methoxy groups -OCH3 is 2. The van der Waals surface area contributed by atoms with Crippen LogP contribution in [0.4, 0.5) is 5.69 Å². The van der Waals surface area contributed by atoms with Gasteiger partial charge in [-0.25, -0.2) is 4.98 Å². The van der Waals surface area contributed by atoms with Crippen molar-refractivity contribution in [3.8, 4) is 11.5 Å². The normalized spacial score (nSPS) is 13.7. The quantitative estimate of drug-likeness (QED) is 0.716. The molecule has 0 radical (unpaired) electrons. The van der Waals surface area contributed by atoms with Gasteiger partial charge in [0, 0.05) is 18.3 Å². The molecule has 0 atom stereocenters. The molecule has 0 unspecified atom stereocenters. The molecule has 1 heterocycles. The first kappa shape index (κ1) is 21.4. The molecule has 0 aliphatic heterocycles. The fraction of sp³-hybridized carbons (Fsp3) is 0.429. The van der Waals surface area contributed by atoms with Crippen molar-refractivity contribution in [2.45, 2.75) is 45.2 Å². The van der Waals surface area contributed by atoms with Crippen molar-refractivity contribution in [3.05, 3.63) is 46.1 Å². The average Bonchev–Trinajstić information content (AvgIpc) is 3.24. The van der Waals surface area contributed by atoms with Gasteiger partial charge in [0.15, 0.2) is 0 Å². The first-order valence-corrected chi connectivity index (χ1v) is 9.82. The van der Waals surface area contributed by atoms with E-state index in [0.717, 1.165) is 25.7 Å². The number of ether oxygens (including phenoxy) is 2. The smallest absolute Gasteiger partial charge is 0.266 e. The molecule has 2 N–H and O–H groups in total. The van der Waals surface area contributed by atoms with E-state index < -0.39 is 17.4 Å². The van der Waals surface area contributed by atoms with Crippen LogP contribution in [0.15, 0.2) is 29.2 Å². The van der Waals surface area contributed by atoms with Gasteiger partial charge >= 0.3 is 0 Å². The van der Waals surface area contributed by atoms with Crippen molar-refractivity contribution in [2.75, 3.05) is 19.5 Å². The number of hydrogen-bond donors (Lipinski definition) is 2. The summed E-state index contributed by atoms with van der Waals surface area (Å²) in [5.74, 6) is 0.454. The van der Waals surface area contributed by atoms with Gasteiger partial charge in [-0.2, -0.15) is 0 Å². The predicted molar refractivity (Wildman–Crippen MR) is 111 cm³/mol.